The summed E-state index contributed by atoms with van der Waals surface area (Å²) in [5.41, 5.74) is 4.85. The van der Waals surface area contributed by atoms with Gasteiger partial charge in [0.25, 0.3) is 0 Å². The Morgan fingerprint density at radius 3 is 2.76 bits per heavy atom. The van der Waals surface area contributed by atoms with Gasteiger partial charge in [0.1, 0.15) is 0 Å². The first-order valence-electron chi connectivity index (χ1n) is 9.41. The first kappa shape index (κ1) is 16.4. The maximum Gasteiger partial charge on any atom is 0.226 e. The topological polar surface area (TPSA) is 38.1 Å². The van der Waals surface area contributed by atoms with Crippen molar-refractivity contribution in [2.45, 2.75) is 52.0 Å². The molecule has 25 heavy (non-hydrogen) atoms. The first-order chi connectivity index (χ1) is 12.0. The molecule has 1 aromatic carbocycles. The Bertz CT molecular complexity index is 794. The summed E-state index contributed by atoms with van der Waals surface area (Å²) in [6, 6.07) is 11.1. The number of hydrogen-bond acceptors (Lipinski definition) is 2. The van der Waals surface area contributed by atoms with Gasteiger partial charge in [-0.3, -0.25) is 9.48 Å². The number of nitrogens with zero attached hydrogens (tertiary/aromatic N) is 3. The molecule has 2 aliphatic rings. The van der Waals surface area contributed by atoms with Gasteiger partial charge in [0, 0.05) is 24.7 Å². The molecule has 4 rings (SSSR count). The summed E-state index contributed by atoms with van der Waals surface area (Å²) in [5.74, 6) is 0.945. The van der Waals surface area contributed by atoms with E-state index in [-0.39, 0.29) is 5.92 Å². The molecule has 2 aromatic rings. The number of piperidine rings is 1. The Morgan fingerprint density at radius 2 is 2.04 bits per heavy atom. The molecule has 1 amide bonds. The number of benzene rings is 1. The molecule has 1 saturated heterocycles. The molecular formula is C21H27N3O. The predicted octanol–water partition coefficient (Wildman–Crippen LogP) is 3.78. The number of rotatable bonds is 3. The van der Waals surface area contributed by atoms with Crippen LogP contribution in [0.2, 0.25) is 0 Å². The zero-order valence-electron chi connectivity index (χ0n) is 15.4. The van der Waals surface area contributed by atoms with E-state index >= 15 is 0 Å². The highest BCUT2D eigenvalue weighted by Crippen LogP contribution is 2.49. The third-order valence-electron chi connectivity index (χ3n) is 5.68. The van der Waals surface area contributed by atoms with E-state index < -0.39 is 0 Å². The summed E-state index contributed by atoms with van der Waals surface area (Å²) in [7, 11) is 0. The molecule has 0 spiro atoms. The third-order valence-corrected chi connectivity index (χ3v) is 5.68. The normalized spacial score (nSPS) is 25.9. The van der Waals surface area contributed by atoms with Crippen molar-refractivity contribution in [2.75, 3.05) is 13.1 Å². The van der Waals surface area contributed by atoms with Crippen molar-refractivity contribution in [1.29, 1.82) is 0 Å². The number of amides is 1. The van der Waals surface area contributed by atoms with E-state index in [1.807, 2.05) is 6.92 Å². The highest BCUT2D eigenvalue weighted by molar-refractivity contribution is 5.83. The molecule has 0 N–H and O–H groups in total. The lowest BCUT2D eigenvalue weighted by atomic mass is 10.0. The summed E-state index contributed by atoms with van der Waals surface area (Å²) in [5, 5.41) is 4.64. The molecule has 0 bridgehead atoms. The summed E-state index contributed by atoms with van der Waals surface area (Å²) < 4.78 is 2.12. The van der Waals surface area contributed by atoms with Gasteiger partial charge in [-0.1, -0.05) is 29.8 Å². The van der Waals surface area contributed by atoms with Crippen LogP contribution < -0.4 is 0 Å². The average molecular weight is 337 g/mol. The lowest BCUT2D eigenvalue weighted by Crippen LogP contribution is -2.42. The molecule has 132 valence electrons. The van der Waals surface area contributed by atoms with Crippen LogP contribution in [0.15, 0.2) is 30.3 Å². The average Bonchev–Trinajstić information content (AvgIpc) is 3.33. The van der Waals surface area contributed by atoms with Crippen LogP contribution in [0.5, 0.6) is 0 Å². The van der Waals surface area contributed by atoms with Gasteiger partial charge in [-0.05, 0) is 57.6 Å². The van der Waals surface area contributed by atoms with Crippen LogP contribution in [0.3, 0.4) is 0 Å². The zero-order chi connectivity index (χ0) is 17.6. The van der Waals surface area contributed by atoms with E-state index in [2.05, 4.69) is 58.9 Å². The minimum atomic E-state index is 0.181. The number of likely N-dealkylation sites (tertiary alicyclic amines) is 1. The van der Waals surface area contributed by atoms with Crippen molar-refractivity contribution in [3.05, 3.63) is 52.8 Å². The second-order valence-electron chi connectivity index (χ2n) is 7.81. The van der Waals surface area contributed by atoms with Gasteiger partial charge in [-0.25, -0.2) is 0 Å². The Kier molecular flexibility index (Phi) is 4.14. The fourth-order valence-corrected chi connectivity index (χ4v) is 4.34. The van der Waals surface area contributed by atoms with Gasteiger partial charge in [0.05, 0.1) is 11.7 Å². The Hall–Kier alpha value is -2.10. The minimum absolute atomic E-state index is 0.181. The van der Waals surface area contributed by atoms with E-state index in [0.29, 0.717) is 17.9 Å². The van der Waals surface area contributed by atoms with Gasteiger partial charge >= 0.3 is 0 Å². The third kappa shape index (κ3) is 3.22. The molecule has 4 heteroatoms. The molecule has 0 unspecified atom stereocenters. The van der Waals surface area contributed by atoms with Gasteiger partial charge in [-0.15, -0.1) is 0 Å². The monoisotopic (exact) mass is 337 g/mol. The van der Waals surface area contributed by atoms with E-state index in [1.54, 1.807) is 0 Å². The molecule has 1 aliphatic heterocycles. The van der Waals surface area contributed by atoms with Crippen LogP contribution >= 0.6 is 0 Å². The fourth-order valence-electron chi connectivity index (χ4n) is 4.34. The fraction of sp³-hybridized carbons (Fsp3) is 0.524. The minimum Gasteiger partial charge on any atom is -0.340 e. The molecule has 2 fully saturated rings. The lowest BCUT2D eigenvalue weighted by molar-refractivity contribution is -0.134. The zero-order valence-corrected chi connectivity index (χ0v) is 15.4. The van der Waals surface area contributed by atoms with Crippen molar-refractivity contribution in [1.82, 2.24) is 14.7 Å². The molecular weight excluding hydrogens is 310 g/mol. The van der Waals surface area contributed by atoms with Gasteiger partial charge in [0.2, 0.25) is 5.91 Å². The van der Waals surface area contributed by atoms with E-state index in [0.717, 1.165) is 38.0 Å². The summed E-state index contributed by atoms with van der Waals surface area (Å²) in [4.78, 5) is 15.1. The molecule has 4 nitrogen and oxygen atoms in total. The summed E-state index contributed by atoms with van der Waals surface area (Å²) in [6.07, 6.45) is 3.18. The van der Waals surface area contributed by atoms with Gasteiger partial charge in [0.15, 0.2) is 0 Å². The number of aryl methyl sites for hydroxylation is 3. The van der Waals surface area contributed by atoms with Crippen LogP contribution in [0.4, 0.5) is 0 Å². The number of aromatic nitrogens is 2. The number of carbonyl (C=O) groups excluding carboxylic acids is 1. The van der Waals surface area contributed by atoms with E-state index in [9.17, 15) is 4.79 Å². The van der Waals surface area contributed by atoms with Crippen molar-refractivity contribution in [3.63, 3.8) is 0 Å². The maximum atomic E-state index is 13.0. The molecule has 1 aliphatic carbocycles. The standard InChI is InChI=1S/C21H27N3O/c1-14-6-4-7-17(10-14)19-12-20(19)21(25)23-9-5-8-18(13-23)24-16(3)11-15(2)22-24/h4,6-7,10-11,18-20H,5,8-9,12-13H2,1-3H3/t18-,19+,20+/m1/s1. The lowest BCUT2D eigenvalue weighted by Gasteiger charge is -2.33. The van der Waals surface area contributed by atoms with Crippen molar-refractivity contribution >= 4 is 5.91 Å². The molecule has 2 heterocycles. The molecule has 3 atom stereocenters. The van der Waals surface area contributed by atoms with E-state index in [1.165, 1.54) is 16.8 Å². The van der Waals surface area contributed by atoms with E-state index in [4.69, 9.17) is 0 Å². The van der Waals surface area contributed by atoms with Gasteiger partial charge in [-0.2, -0.15) is 5.10 Å². The number of carbonyl (C=O) groups is 1. The molecule has 0 radical (unpaired) electrons. The Balaban J connectivity index is 1.43. The van der Waals surface area contributed by atoms with Crippen molar-refractivity contribution < 1.29 is 4.79 Å². The largest absolute Gasteiger partial charge is 0.340 e. The molecule has 1 saturated carbocycles. The van der Waals surface area contributed by atoms with Crippen LogP contribution in [0.25, 0.3) is 0 Å². The van der Waals surface area contributed by atoms with Crippen molar-refractivity contribution in [2.24, 2.45) is 5.92 Å². The SMILES string of the molecule is Cc1cccc([C@@H]2C[C@@H]2C(=O)N2CCC[C@@H](n3nc(C)cc3C)C2)c1. The smallest absolute Gasteiger partial charge is 0.226 e. The van der Waals surface area contributed by atoms with Crippen LogP contribution in [-0.4, -0.2) is 33.7 Å². The second-order valence-corrected chi connectivity index (χ2v) is 7.81. The van der Waals surface area contributed by atoms with Crippen LogP contribution in [-0.2, 0) is 4.79 Å². The Labute approximate surface area is 149 Å². The number of hydrogen-bond donors (Lipinski definition) is 0. The predicted molar refractivity (Wildman–Crippen MR) is 98.6 cm³/mol. The second kappa shape index (κ2) is 6.32. The van der Waals surface area contributed by atoms with Crippen molar-refractivity contribution in [3.8, 4) is 0 Å². The summed E-state index contributed by atoms with van der Waals surface area (Å²) in [6.45, 7) is 7.96. The van der Waals surface area contributed by atoms with Crippen LogP contribution in [0, 0.1) is 26.7 Å². The quantitative estimate of drug-likeness (QED) is 0.855. The Morgan fingerprint density at radius 1 is 1.20 bits per heavy atom. The van der Waals surface area contributed by atoms with Crippen LogP contribution in [0.1, 0.15) is 53.7 Å². The highest BCUT2D eigenvalue weighted by Gasteiger charge is 2.46. The van der Waals surface area contributed by atoms with Gasteiger partial charge < -0.3 is 4.90 Å². The first-order valence-corrected chi connectivity index (χ1v) is 9.41. The maximum absolute atomic E-state index is 13.0. The highest BCUT2D eigenvalue weighted by atomic mass is 16.2. The molecule has 1 aromatic heterocycles. The summed E-state index contributed by atoms with van der Waals surface area (Å²) >= 11 is 0.